The topological polar surface area (TPSA) is 49.8 Å². The van der Waals surface area contributed by atoms with Crippen LogP contribution in [0, 0.1) is 6.92 Å². The summed E-state index contributed by atoms with van der Waals surface area (Å²) < 4.78 is 39.9. The number of para-hydroxylation sites is 1. The molecule has 0 aliphatic carbocycles. The van der Waals surface area contributed by atoms with Crippen LogP contribution in [0.3, 0.4) is 0 Å². The standard InChI is InChI=1S/C18H14ClF3N4/c1-11-5-4-6-12(9-11)24-17-23-10-13(18(20,21)22)16(26-17)25-15-8-3-2-7-14(15)19/h2-10H,1H3,(H2,23,24,25,26). The van der Waals surface area contributed by atoms with Crippen LogP contribution in [0.4, 0.5) is 36.3 Å². The number of benzene rings is 2. The maximum atomic E-state index is 13.3. The summed E-state index contributed by atoms with van der Waals surface area (Å²) in [6.07, 6.45) is -3.87. The Bertz CT molecular complexity index is 928. The van der Waals surface area contributed by atoms with Gasteiger partial charge in [0.2, 0.25) is 5.95 Å². The summed E-state index contributed by atoms with van der Waals surface area (Å²) in [5, 5.41) is 5.83. The largest absolute Gasteiger partial charge is 0.421 e. The molecule has 4 nitrogen and oxygen atoms in total. The number of alkyl halides is 3. The smallest absolute Gasteiger partial charge is 0.338 e. The van der Waals surface area contributed by atoms with Gasteiger partial charge in [-0.15, -0.1) is 0 Å². The molecule has 2 N–H and O–H groups in total. The van der Waals surface area contributed by atoms with Crippen LogP contribution in [-0.4, -0.2) is 9.97 Å². The maximum absolute atomic E-state index is 13.3. The van der Waals surface area contributed by atoms with Crippen LogP contribution < -0.4 is 10.6 Å². The second-order valence-corrected chi connectivity index (χ2v) is 5.96. The molecule has 134 valence electrons. The molecular weight excluding hydrogens is 365 g/mol. The van der Waals surface area contributed by atoms with E-state index in [2.05, 4.69) is 20.6 Å². The quantitative estimate of drug-likeness (QED) is 0.589. The summed E-state index contributed by atoms with van der Waals surface area (Å²) in [6.45, 7) is 1.91. The highest BCUT2D eigenvalue weighted by Gasteiger charge is 2.35. The third-order valence-corrected chi connectivity index (χ3v) is 3.82. The van der Waals surface area contributed by atoms with Gasteiger partial charge in [0.1, 0.15) is 11.4 Å². The van der Waals surface area contributed by atoms with Gasteiger partial charge >= 0.3 is 6.18 Å². The zero-order valence-corrected chi connectivity index (χ0v) is 14.4. The van der Waals surface area contributed by atoms with Crippen LogP contribution >= 0.6 is 11.6 Å². The highest BCUT2D eigenvalue weighted by molar-refractivity contribution is 6.33. The van der Waals surface area contributed by atoms with E-state index in [9.17, 15) is 13.2 Å². The van der Waals surface area contributed by atoms with Crippen molar-refractivity contribution >= 4 is 34.7 Å². The summed E-state index contributed by atoms with van der Waals surface area (Å²) in [4.78, 5) is 7.77. The Morgan fingerprint density at radius 1 is 1.00 bits per heavy atom. The van der Waals surface area contributed by atoms with Gasteiger partial charge < -0.3 is 10.6 Å². The summed E-state index contributed by atoms with van der Waals surface area (Å²) in [5.41, 5.74) is 1.01. The van der Waals surface area contributed by atoms with Crippen molar-refractivity contribution in [1.29, 1.82) is 0 Å². The SMILES string of the molecule is Cc1cccc(Nc2ncc(C(F)(F)F)c(Nc3ccccc3Cl)n2)c1. The van der Waals surface area contributed by atoms with Gasteiger partial charge in [-0.3, -0.25) is 0 Å². The molecule has 0 spiro atoms. The predicted octanol–water partition coefficient (Wildman–Crippen LogP) is 5.94. The van der Waals surface area contributed by atoms with Crippen molar-refractivity contribution in [1.82, 2.24) is 9.97 Å². The first kappa shape index (κ1) is 18.0. The third kappa shape index (κ3) is 4.23. The van der Waals surface area contributed by atoms with E-state index in [0.717, 1.165) is 11.8 Å². The van der Waals surface area contributed by atoms with Gasteiger partial charge in [0, 0.05) is 11.9 Å². The van der Waals surface area contributed by atoms with E-state index >= 15 is 0 Å². The van der Waals surface area contributed by atoms with Crippen molar-refractivity contribution in [3.63, 3.8) is 0 Å². The lowest BCUT2D eigenvalue weighted by atomic mass is 10.2. The van der Waals surface area contributed by atoms with Gasteiger partial charge in [0.15, 0.2) is 0 Å². The Morgan fingerprint density at radius 3 is 2.46 bits per heavy atom. The van der Waals surface area contributed by atoms with Crippen LogP contribution in [0.1, 0.15) is 11.1 Å². The summed E-state index contributed by atoms with van der Waals surface area (Å²) >= 11 is 6.02. The number of hydrogen-bond acceptors (Lipinski definition) is 4. The summed E-state index contributed by atoms with van der Waals surface area (Å²) in [7, 11) is 0. The van der Waals surface area contributed by atoms with Gasteiger partial charge in [0.05, 0.1) is 10.7 Å². The van der Waals surface area contributed by atoms with E-state index in [1.165, 1.54) is 0 Å². The Kier molecular flexibility index (Phi) is 4.99. The molecule has 26 heavy (non-hydrogen) atoms. The van der Waals surface area contributed by atoms with Gasteiger partial charge in [0.25, 0.3) is 0 Å². The Morgan fingerprint density at radius 2 is 1.77 bits per heavy atom. The van der Waals surface area contributed by atoms with E-state index in [-0.39, 0.29) is 16.8 Å². The second-order valence-electron chi connectivity index (χ2n) is 5.55. The molecule has 1 aromatic heterocycles. The minimum atomic E-state index is -4.61. The molecule has 0 saturated carbocycles. The first-order chi connectivity index (χ1) is 12.3. The summed E-state index contributed by atoms with van der Waals surface area (Å²) in [6, 6.07) is 13.8. The highest BCUT2D eigenvalue weighted by Crippen LogP contribution is 2.36. The fourth-order valence-electron chi connectivity index (χ4n) is 2.29. The van der Waals surface area contributed by atoms with E-state index < -0.39 is 11.7 Å². The number of hydrogen-bond donors (Lipinski definition) is 2. The lowest BCUT2D eigenvalue weighted by Crippen LogP contribution is -2.12. The van der Waals surface area contributed by atoms with Crippen molar-refractivity contribution in [2.24, 2.45) is 0 Å². The molecular formula is C18H14ClF3N4. The number of nitrogens with zero attached hydrogens (tertiary/aromatic N) is 2. The van der Waals surface area contributed by atoms with E-state index in [1.807, 2.05) is 25.1 Å². The lowest BCUT2D eigenvalue weighted by molar-refractivity contribution is -0.137. The molecule has 2 aromatic carbocycles. The van der Waals surface area contributed by atoms with Crippen LogP contribution in [0.15, 0.2) is 54.7 Å². The number of anilines is 4. The molecule has 0 unspecified atom stereocenters. The van der Waals surface area contributed by atoms with Crippen molar-refractivity contribution in [2.45, 2.75) is 13.1 Å². The molecule has 0 saturated heterocycles. The van der Waals surface area contributed by atoms with Crippen molar-refractivity contribution < 1.29 is 13.2 Å². The third-order valence-electron chi connectivity index (χ3n) is 3.50. The molecule has 0 atom stereocenters. The monoisotopic (exact) mass is 378 g/mol. The molecule has 0 radical (unpaired) electrons. The Balaban J connectivity index is 1.98. The molecule has 0 aliphatic rings. The van der Waals surface area contributed by atoms with Crippen molar-refractivity contribution in [3.05, 3.63) is 70.9 Å². The van der Waals surface area contributed by atoms with Crippen molar-refractivity contribution in [2.75, 3.05) is 10.6 Å². The van der Waals surface area contributed by atoms with Crippen LogP contribution in [0.2, 0.25) is 5.02 Å². The number of rotatable bonds is 4. The zero-order valence-electron chi connectivity index (χ0n) is 13.6. The molecule has 3 aromatic rings. The predicted molar refractivity (Wildman–Crippen MR) is 96.2 cm³/mol. The highest BCUT2D eigenvalue weighted by atomic mass is 35.5. The number of halogens is 4. The van der Waals surface area contributed by atoms with Gasteiger partial charge in [-0.2, -0.15) is 18.2 Å². The van der Waals surface area contributed by atoms with E-state index in [4.69, 9.17) is 11.6 Å². The van der Waals surface area contributed by atoms with Crippen LogP contribution in [0.5, 0.6) is 0 Å². The minimum Gasteiger partial charge on any atom is -0.338 e. The van der Waals surface area contributed by atoms with Gasteiger partial charge in [-0.25, -0.2) is 4.98 Å². The molecule has 8 heteroatoms. The van der Waals surface area contributed by atoms with Crippen LogP contribution in [-0.2, 0) is 6.18 Å². The fraction of sp³-hybridized carbons (Fsp3) is 0.111. The first-order valence-corrected chi connectivity index (χ1v) is 8.00. The molecule has 0 fully saturated rings. The molecule has 3 rings (SSSR count). The normalized spacial score (nSPS) is 11.3. The van der Waals surface area contributed by atoms with Gasteiger partial charge in [-0.05, 0) is 36.8 Å². The Hall–Kier alpha value is -2.80. The zero-order chi connectivity index (χ0) is 18.7. The lowest BCUT2D eigenvalue weighted by Gasteiger charge is -2.15. The maximum Gasteiger partial charge on any atom is 0.421 e. The number of aromatic nitrogens is 2. The molecule has 0 bridgehead atoms. The minimum absolute atomic E-state index is 0.0400. The fourth-order valence-corrected chi connectivity index (χ4v) is 2.47. The molecule has 1 heterocycles. The van der Waals surface area contributed by atoms with E-state index in [1.54, 1.807) is 30.3 Å². The number of nitrogens with one attached hydrogen (secondary N) is 2. The average molecular weight is 379 g/mol. The first-order valence-electron chi connectivity index (χ1n) is 7.62. The average Bonchev–Trinajstić information content (AvgIpc) is 2.56. The Labute approximate surface area is 153 Å². The second kappa shape index (κ2) is 7.21. The van der Waals surface area contributed by atoms with Crippen molar-refractivity contribution in [3.8, 4) is 0 Å². The molecule has 0 aliphatic heterocycles. The molecule has 0 amide bonds. The van der Waals surface area contributed by atoms with Crippen LogP contribution in [0.25, 0.3) is 0 Å². The van der Waals surface area contributed by atoms with E-state index in [0.29, 0.717) is 11.4 Å². The summed E-state index contributed by atoms with van der Waals surface area (Å²) in [5.74, 6) is -0.339. The van der Waals surface area contributed by atoms with Gasteiger partial charge in [-0.1, -0.05) is 35.9 Å². The number of aryl methyl sites for hydroxylation is 1.